The molecule has 0 heterocycles. The monoisotopic (exact) mass is 301 g/mol. The number of methoxy groups -OCH3 is 2. The number of ether oxygens (including phenoxy) is 2. The van der Waals surface area contributed by atoms with Crippen LogP contribution < -0.4 is 14.8 Å². The lowest BCUT2D eigenvalue weighted by molar-refractivity contribution is 0.0954. The molecule has 5 nitrogen and oxygen atoms in total. The average molecular weight is 301 g/mol. The number of phenolic OH excluding ortho intramolecular Hbond substituents is 1. The average Bonchev–Trinajstić information content (AvgIpc) is 2.55. The SMILES string of the molecule is COc1ccc(CCNC(=O)c2ccc(O)cc2)cc1OC. The largest absolute Gasteiger partial charge is 0.508 e. The van der Waals surface area contributed by atoms with E-state index >= 15 is 0 Å². The number of benzene rings is 2. The van der Waals surface area contributed by atoms with Crippen molar-refractivity contribution in [3.8, 4) is 17.2 Å². The lowest BCUT2D eigenvalue weighted by Crippen LogP contribution is -2.25. The van der Waals surface area contributed by atoms with Gasteiger partial charge in [-0.05, 0) is 48.4 Å². The first-order valence-electron chi connectivity index (χ1n) is 6.92. The molecule has 5 heteroatoms. The van der Waals surface area contributed by atoms with E-state index in [-0.39, 0.29) is 11.7 Å². The topological polar surface area (TPSA) is 67.8 Å². The lowest BCUT2D eigenvalue weighted by Gasteiger charge is -2.10. The Morgan fingerprint density at radius 2 is 1.73 bits per heavy atom. The molecule has 116 valence electrons. The minimum absolute atomic E-state index is 0.141. The second-order valence-corrected chi connectivity index (χ2v) is 4.74. The number of phenols is 1. The quantitative estimate of drug-likeness (QED) is 0.859. The van der Waals surface area contributed by atoms with Gasteiger partial charge in [0.2, 0.25) is 0 Å². The van der Waals surface area contributed by atoms with Crippen molar-refractivity contribution in [3.63, 3.8) is 0 Å². The summed E-state index contributed by atoms with van der Waals surface area (Å²) in [5, 5.41) is 12.0. The van der Waals surface area contributed by atoms with Gasteiger partial charge in [-0.1, -0.05) is 6.07 Å². The Morgan fingerprint density at radius 1 is 1.05 bits per heavy atom. The van der Waals surface area contributed by atoms with Crippen LogP contribution in [0.5, 0.6) is 17.2 Å². The molecule has 2 N–H and O–H groups in total. The molecule has 0 aliphatic rings. The van der Waals surface area contributed by atoms with E-state index in [1.54, 1.807) is 26.4 Å². The number of rotatable bonds is 6. The van der Waals surface area contributed by atoms with Crippen molar-refractivity contribution in [1.82, 2.24) is 5.32 Å². The summed E-state index contributed by atoms with van der Waals surface area (Å²) in [6.45, 7) is 0.509. The van der Waals surface area contributed by atoms with Gasteiger partial charge < -0.3 is 19.9 Å². The molecule has 1 amide bonds. The zero-order chi connectivity index (χ0) is 15.9. The van der Waals surface area contributed by atoms with Crippen molar-refractivity contribution in [2.75, 3.05) is 20.8 Å². The van der Waals surface area contributed by atoms with E-state index in [2.05, 4.69) is 5.32 Å². The first-order chi connectivity index (χ1) is 10.6. The van der Waals surface area contributed by atoms with Gasteiger partial charge in [-0.25, -0.2) is 0 Å². The Labute approximate surface area is 129 Å². The third kappa shape index (κ3) is 3.91. The molecule has 0 atom stereocenters. The van der Waals surface area contributed by atoms with Crippen LogP contribution in [0.25, 0.3) is 0 Å². The van der Waals surface area contributed by atoms with Gasteiger partial charge in [-0.2, -0.15) is 0 Å². The van der Waals surface area contributed by atoms with Gasteiger partial charge in [0.1, 0.15) is 5.75 Å². The van der Waals surface area contributed by atoms with Gasteiger partial charge in [-0.3, -0.25) is 4.79 Å². The minimum atomic E-state index is -0.166. The summed E-state index contributed by atoms with van der Waals surface area (Å²) in [7, 11) is 3.18. The highest BCUT2D eigenvalue weighted by Crippen LogP contribution is 2.27. The van der Waals surface area contributed by atoms with Crippen molar-refractivity contribution < 1.29 is 19.4 Å². The summed E-state index contributed by atoms with van der Waals surface area (Å²) in [5.74, 6) is 1.33. The number of carbonyl (C=O) groups excluding carboxylic acids is 1. The van der Waals surface area contributed by atoms with Crippen LogP contribution in [-0.4, -0.2) is 31.8 Å². The fourth-order valence-electron chi connectivity index (χ4n) is 2.07. The molecular formula is C17H19NO4. The predicted octanol–water partition coefficient (Wildman–Crippen LogP) is 2.38. The van der Waals surface area contributed by atoms with Crippen LogP contribution in [-0.2, 0) is 6.42 Å². The molecule has 0 spiro atoms. The Morgan fingerprint density at radius 3 is 2.36 bits per heavy atom. The van der Waals surface area contributed by atoms with Crippen LogP contribution in [0.2, 0.25) is 0 Å². The van der Waals surface area contributed by atoms with Gasteiger partial charge in [-0.15, -0.1) is 0 Å². The number of nitrogens with one attached hydrogen (secondary N) is 1. The van der Waals surface area contributed by atoms with Crippen LogP contribution in [0.15, 0.2) is 42.5 Å². The van der Waals surface area contributed by atoms with Crippen LogP contribution in [0, 0.1) is 0 Å². The zero-order valence-corrected chi connectivity index (χ0v) is 12.6. The van der Waals surface area contributed by atoms with E-state index in [1.165, 1.54) is 12.1 Å². The normalized spacial score (nSPS) is 10.1. The standard InChI is InChI=1S/C17H19NO4/c1-21-15-8-3-12(11-16(15)22-2)9-10-18-17(20)13-4-6-14(19)7-5-13/h3-8,11,19H,9-10H2,1-2H3,(H,18,20). The van der Waals surface area contributed by atoms with E-state index in [0.29, 0.717) is 30.0 Å². The molecule has 0 aromatic heterocycles. The minimum Gasteiger partial charge on any atom is -0.508 e. The highest BCUT2D eigenvalue weighted by atomic mass is 16.5. The molecule has 0 saturated heterocycles. The molecule has 22 heavy (non-hydrogen) atoms. The third-order valence-electron chi connectivity index (χ3n) is 3.28. The zero-order valence-electron chi connectivity index (χ0n) is 12.6. The van der Waals surface area contributed by atoms with Crippen LogP contribution in [0.1, 0.15) is 15.9 Å². The smallest absolute Gasteiger partial charge is 0.251 e. The van der Waals surface area contributed by atoms with Crippen molar-refractivity contribution in [2.24, 2.45) is 0 Å². The first kappa shape index (κ1) is 15.7. The number of carbonyl (C=O) groups is 1. The lowest BCUT2D eigenvalue weighted by atomic mass is 10.1. The summed E-state index contributed by atoms with van der Waals surface area (Å²) < 4.78 is 10.4. The summed E-state index contributed by atoms with van der Waals surface area (Å²) in [4.78, 5) is 11.9. The molecule has 0 fully saturated rings. The second kappa shape index (κ2) is 7.36. The van der Waals surface area contributed by atoms with E-state index in [4.69, 9.17) is 9.47 Å². The molecule has 0 unspecified atom stereocenters. The van der Waals surface area contributed by atoms with E-state index in [9.17, 15) is 9.90 Å². The fourth-order valence-corrected chi connectivity index (χ4v) is 2.07. The van der Waals surface area contributed by atoms with Crippen molar-refractivity contribution >= 4 is 5.91 Å². The summed E-state index contributed by atoms with van der Waals surface area (Å²) in [6.07, 6.45) is 0.685. The maximum absolute atomic E-state index is 11.9. The molecule has 0 aliphatic heterocycles. The van der Waals surface area contributed by atoms with Crippen molar-refractivity contribution in [2.45, 2.75) is 6.42 Å². The number of hydrogen-bond acceptors (Lipinski definition) is 4. The second-order valence-electron chi connectivity index (χ2n) is 4.74. The fraction of sp³-hybridized carbons (Fsp3) is 0.235. The van der Waals surface area contributed by atoms with Crippen LogP contribution in [0.3, 0.4) is 0 Å². The Hall–Kier alpha value is -2.69. The predicted molar refractivity (Wildman–Crippen MR) is 83.7 cm³/mol. The summed E-state index contributed by atoms with van der Waals surface area (Å²) in [6, 6.07) is 11.8. The van der Waals surface area contributed by atoms with Crippen LogP contribution >= 0.6 is 0 Å². The summed E-state index contributed by atoms with van der Waals surface area (Å²) >= 11 is 0. The molecule has 2 aromatic carbocycles. The Kier molecular flexibility index (Phi) is 5.25. The van der Waals surface area contributed by atoms with Gasteiger partial charge in [0.25, 0.3) is 5.91 Å². The first-order valence-corrected chi connectivity index (χ1v) is 6.92. The molecular weight excluding hydrogens is 282 g/mol. The highest BCUT2D eigenvalue weighted by molar-refractivity contribution is 5.94. The summed E-state index contributed by atoms with van der Waals surface area (Å²) in [5.41, 5.74) is 1.56. The van der Waals surface area contributed by atoms with E-state index in [0.717, 1.165) is 5.56 Å². The maximum Gasteiger partial charge on any atom is 0.251 e. The molecule has 2 rings (SSSR count). The third-order valence-corrected chi connectivity index (χ3v) is 3.28. The Bertz CT molecular complexity index is 638. The van der Waals surface area contributed by atoms with Crippen molar-refractivity contribution in [1.29, 1.82) is 0 Å². The van der Waals surface area contributed by atoms with E-state index < -0.39 is 0 Å². The van der Waals surface area contributed by atoms with Gasteiger partial charge in [0, 0.05) is 12.1 Å². The highest BCUT2D eigenvalue weighted by Gasteiger charge is 2.07. The molecule has 0 aliphatic carbocycles. The molecule has 0 saturated carbocycles. The Balaban J connectivity index is 1.90. The maximum atomic E-state index is 11.9. The van der Waals surface area contributed by atoms with E-state index in [1.807, 2.05) is 18.2 Å². The van der Waals surface area contributed by atoms with Crippen LogP contribution in [0.4, 0.5) is 0 Å². The molecule has 0 bridgehead atoms. The molecule has 2 aromatic rings. The van der Waals surface area contributed by atoms with Gasteiger partial charge in [0.15, 0.2) is 11.5 Å². The number of amides is 1. The van der Waals surface area contributed by atoms with Crippen molar-refractivity contribution in [3.05, 3.63) is 53.6 Å². The van der Waals surface area contributed by atoms with Gasteiger partial charge >= 0.3 is 0 Å². The number of aromatic hydroxyl groups is 1. The van der Waals surface area contributed by atoms with Gasteiger partial charge in [0.05, 0.1) is 14.2 Å². The molecule has 0 radical (unpaired) electrons. The number of hydrogen-bond donors (Lipinski definition) is 2.